The summed E-state index contributed by atoms with van der Waals surface area (Å²) in [5, 5.41) is 2.96. The number of rotatable bonds is 2. The fourth-order valence-corrected chi connectivity index (χ4v) is 2.44. The number of anilines is 1. The van der Waals surface area contributed by atoms with Crippen molar-refractivity contribution in [1.29, 1.82) is 0 Å². The van der Waals surface area contributed by atoms with Crippen LogP contribution in [0.3, 0.4) is 0 Å². The molecule has 19 heavy (non-hydrogen) atoms. The third-order valence-electron chi connectivity index (χ3n) is 3.72. The molecule has 0 radical (unpaired) electrons. The molecule has 1 saturated heterocycles. The van der Waals surface area contributed by atoms with Crippen LogP contribution in [0.4, 0.5) is 10.5 Å². The zero-order valence-corrected chi connectivity index (χ0v) is 11.6. The van der Waals surface area contributed by atoms with Gasteiger partial charge in [0.05, 0.1) is 0 Å². The van der Waals surface area contributed by atoms with Crippen molar-refractivity contribution in [3.05, 3.63) is 29.8 Å². The van der Waals surface area contributed by atoms with Gasteiger partial charge < -0.3 is 16.0 Å². The average molecular weight is 261 g/mol. The molecule has 1 atom stereocenters. The normalized spacial score (nSPS) is 19.9. The molecule has 1 unspecified atom stereocenters. The standard InChI is InChI=1S/C15H23N3O/c1-12-4-3-8-18(9-7-12)15(19)17-14-6-2-5-13(10-14)11-16/h2,5-6,10,12H,3-4,7-9,11,16H2,1H3,(H,17,19). The van der Waals surface area contributed by atoms with Crippen molar-refractivity contribution in [2.75, 3.05) is 18.4 Å². The molecule has 0 saturated carbocycles. The second kappa shape index (κ2) is 6.57. The lowest BCUT2D eigenvalue weighted by atomic mass is 10.0. The van der Waals surface area contributed by atoms with Gasteiger partial charge in [0.15, 0.2) is 0 Å². The highest BCUT2D eigenvalue weighted by Crippen LogP contribution is 2.18. The Labute approximate surface area is 115 Å². The monoisotopic (exact) mass is 261 g/mol. The quantitative estimate of drug-likeness (QED) is 0.860. The van der Waals surface area contributed by atoms with E-state index in [4.69, 9.17) is 5.73 Å². The number of carbonyl (C=O) groups excluding carboxylic acids is 1. The topological polar surface area (TPSA) is 58.4 Å². The van der Waals surface area contributed by atoms with Crippen molar-refractivity contribution < 1.29 is 4.79 Å². The lowest BCUT2D eigenvalue weighted by molar-refractivity contribution is 0.213. The Bertz CT molecular complexity index is 433. The van der Waals surface area contributed by atoms with E-state index in [-0.39, 0.29) is 6.03 Å². The van der Waals surface area contributed by atoms with Gasteiger partial charge in [-0.15, -0.1) is 0 Å². The minimum absolute atomic E-state index is 0.00303. The molecule has 1 aliphatic heterocycles. The van der Waals surface area contributed by atoms with Gasteiger partial charge in [0.1, 0.15) is 0 Å². The second-order valence-corrected chi connectivity index (χ2v) is 5.36. The minimum atomic E-state index is 0.00303. The maximum Gasteiger partial charge on any atom is 0.321 e. The smallest absolute Gasteiger partial charge is 0.321 e. The van der Waals surface area contributed by atoms with Gasteiger partial charge in [-0.3, -0.25) is 0 Å². The number of hydrogen-bond acceptors (Lipinski definition) is 2. The van der Waals surface area contributed by atoms with Crippen LogP contribution in [0.2, 0.25) is 0 Å². The van der Waals surface area contributed by atoms with Crippen LogP contribution in [0.25, 0.3) is 0 Å². The lowest BCUT2D eigenvalue weighted by Crippen LogP contribution is -2.35. The summed E-state index contributed by atoms with van der Waals surface area (Å²) >= 11 is 0. The molecule has 0 aliphatic carbocycles. The van der Waals surface area contributed by atoms with E-state index in [2.05, 4.69) is 12.2 Å². The maximum absolute atomic E-state index is 12.2. The molecule has 1 aliphatic rings. The number of likely N-dealkylation sites (tertiary alicyclic amines) is 1. The van der Waals surface area contributed by atoms with Crippen molar-refractivity contribution in [3.8, 4) is 0 Å². The Morgan fingerprint density at radius 3 is 3.05 bits per heavy atom. The summed E-state index contributed by atoms with van der Waals surface area (Å²) in [6, 6.07) is 7.71. The summed E-state index contributed by atoms with van der Waals surface area (Å²) in [5.74, 6) is 0.721. The van der Waals surface area contributed by atoms with E-state index in [9.17, 15) is 4.79 Å². The first-order valence-electron chi connectivity index (χ1n) is 7.04. The van der Waals surface area contributed by atoms with Crippen molar-refractivity contribution in [3.63, 3.8) is 0 Å². The molecule has 104 valence electrons. The molecule has 0 bridgehead atoms. The van der Waals surface area contributed by atoms with Gasteiger partial charge in [-0.25, -0.2) is 4.79 Å². The highest BCUT2D eigenvalue weighted by molar-refractivity contribution is 5.89. The zero-order valence-electron chi connectivity index (χ0n) is 11.6. The van der Waals surface area contributed by atoms with Crippen LogP contribution in [0.5, 0.6) is 0 Å². The first kappa shape index (κ1) is 13.9. The number of hydrogen-bond donors (Lipinski definition) is 2. The fourth-order valence-electron chi connectivity index (χ4n) is 2.44. The number of amides is 2. The van der Waals surface area contributed by atoms with Gasteiger partial charge in [0, 0.05) is 25.3 Å². The molecule has 2 amide bonds. The fraction of sp³-hybridized carbons (Fsp3) is 0.533. The summed E-state index contributed by atoms with van der Waals surface area (Å²) in [5.41, 5.74) is 7.46. The Hall–Kier alpha value is -1.55. The lowest BCUT2D eigenvalue weighted by Gasteiger charge is -2.21. The van der Waals surface area contributed by atoms with Gasteiger partial charge in [-0.2, -0.15) is 0 Å². The molecule has 0 spiro atoms. The molecule has 4 heteroatoms. The molecule has 2 rings (SSSR count). The van der Waals surface area contributed by atoms with E-state index in [0.29, 0.717) is 6.54 Å². The third-order valence-corrected chi connectivity index (χ3v) is 3.72. The van der Waals surface area contributed by atoms with Gasteiger partial charge in [0.2, 0.25) is 0 Å². The molecular weight excluding hydrogens is 238 g/mol. The van der Waals surface area contributed by atoms with Crippen LogP contribution in [0.15, 0.2) is 24.3 Å². The summed E-state index contributed by atoms with van der Waals surface area (Å²) in [7, 11) is 0. The van der Waals surface area contributed by atoms with Crippen molar-refractivity contribution in [2.45, 2.75) is 32.7 Å². The Morgan fingerprint density at radius 2 is 2.26 bits per heavy atom. The Kier molecular flexibility index (Phi) is 4.80. The largest absolute Gasteiger partial charge is 0.326 e. The zero-order chi connectivity index (χ0) is 13.7. The molecule has 0 aromatic heterocycles. The SMILES string of the molecule is CC1CCCN(C(=O)Nc2cccc(CN)c2)CC1. The molecule has 1 heterocycles. The maximum atomic E-state index is 12.2. The van der Waals surface area contributed by atoms with Crippen LogP contribution in [-0.4, -0.2) is 24.0 Å². The van der Waals surface area contributed by atoms with Crippen molar-refractivity contribution in [1.82, 2.24) is 4.90 Å². The second-order valence-electron chi connectivity index (χ2n) is 5.36. The van der Waals surface area contributed by atoms with Crippen LogP contribution in [0, 0.1) is 5.92 Å². The number of nitrogens with one attached hydrogen (secondary N) is 1. The number of benzene rings is 1. The summed E-state index contributed by atoms with van der Waals surface area (Å²) < 4.78 is 0. The number of carbonyl (C=O) groups is 1. The number of urea groups is 1. The Balaban J connectivity index is 1.96. The summed E-state index contributed by atoms with van der Waals surface area (Å²) in [6.45, 7) is 4.45. The average Bonchev–Trinajstić information content (AvgIpc) is 2.64. The minimum Gasteiger partial charge on any atom is -0.326 e. The van der Waals surface area contributed by atoms with E-state index in [1.165, 1.54) is 6.42 Å². The predicted octanol–water partition coefficient (Wildman–Crippen LogP) is 2.80. The van der Waals surface area contributed by atoms with Crippen LogP contribution >= 0.6 is 0 Å². The van der Waals surface area contributed by atoms with E-state index >= 15 is 0 Å². The van der Waals surface area contributed by atoms with Crippen molar-refractivity contribution in [2.24, 2.45) is 11.7 Å². The van der Waals surface area contributed by atoms with Gasteiger partial charge in [-0.05, 0) is 42.9 Å². The first-order chi connectivity index (χ1) is 9.19. The molecule has 1 aromatic carbocycles. The highest BCUT2D eigenvalue weighted by atomic mass is 16.2. The van der Waals surface area contributed by atoms with Crippen LogP contribution in [0.1, 0.15) is 31.7 Å². The van der Waals surface area contributed by atoms with E-state index in [1.54, 1.807) is 0 Å². The molecular formula is C15H23N3O. The molecule has 1 fully saturated rings. The van der Waals surface area contributed by atoms with Gasteiger partial charge in [0.25, 0.3) is 0 Å². The summed E-state index contributed by atoms with van der Waals surface area (Å²) in [4.78, 5) is 14.1. The molecule has 4 nitrogen and oxygen atoms in total. The van der Waals surface area contributed by atoms with Gasteiger partial charge >= 0.3 is 6.03 Å². The van der Waals surface area contributed by atoms with Crippen LogP contribution < -0.4 is 11.1 Å². The van der Waals surface area contributed by atoms with Crippen LogP contribution in [-0.2, 0) is 6.54 Å². The third kappa shape index (κ3) is 3.96. The molecule has 1 aromatic rings. The molecule has 3 N–H and O–H groups in total. The number of nitrogens with two attached hydrogens (primary N) is 1. The predicted molar refractivity (Wildman–Crippen MR) is 77.9 cm³/mol. The first-order valence-corrected chi connectivity index (χ1v) is 7.04. The highest BCUT2D eigenvalue weighted by Gasteiger charge is 2.18. The number of nitrogens with zero attached hydrogens (tertiary/aromatic N) is 1. The van der Waals surface area contributed by atoms with E-state index in [1.807, 2.05) is 29.2 Å². The van der Waals surface area contributed by atoms with E-state index < -0.39 is 0 Å². The summed E-state index contributed by atoms with van der Waals surface area (Å²) in [6.07, 6.45) is 3.40. The van der Waals surface area contributed by atoms with Gasteiger partial charge in [-0.1, -0.05) is 19.1 Å². The van der Waals surface area contributed by atoms with Crippen molar-refractivity contribution >= 4 is 11.7 Å². The van der Waals surface area contributed by atoms with E-state index in [0.717, 1.165) is 43.1 Å². The Morgan fingerprint density at radius 1 is 1.42 bits per heavy atom.